The van der Waals surface area contributed by atoms with Gasteiger partial charge in [0.2, 0.25) is 5.91 Å². The molecule has 4 rings (SSSR count). The Hall–Kier alpha value is -2.15. The van der Waals surface area contributed by atoms with Gasteiger partial charge in [-0.3, -0.25) is 4.79 Å². The predicted molar refractivity (Wildman–Crippen MR) is 123 cm³/mol. The molecule has 6 nitrogen and oxygen atoms in total. The fourth-order valence-corrected chi connectivity index (χ4v) is 6.40. The van der Waals surface area contributed by atoms with Crippen LogP contribution in [-0.2, 0) is 24.7 Å². The molecule has 0 aromatic carbocycles. The van der Waals surface area contributed by atoms with Crippen molar-refractivity contribution in [3.05, 3.63) is 32.3 Å². The largest absolute Gasteiger partial charge is 0.316 e. The molecule has 0 radical (unpaired) electrons. The lowest BCUT2D eigenvalue weighted by Gasteiger charge is -2.09. The van der Waals surface area contributed by atoms with Crippen molar-refractivity contribution >= 4 is 45.3 Å². The fourth-order valence-electron chi connectivity index (χ4n) is 3.53. The van der Waals surface area contributed by atoms with Crippen LogP contribution in [0.3, 0.4) is 0 Å². The number of rotatable bonds is 6. The summed E-state index contributed by atoms with van der Waals surface area (Å²) in [6.07, 6.45) is 4.20. The summed E-state index contributed by atoms with van der Waals surface area (Å²) in [6.45, 7) is 4.35. The molecule has 3 heterocycles. The van der Waals surface area contributed by atoms with E-state index in [2.05, 4.69) is 46.9 Å². The molecule has 1 aliphatic carbocycles. The van der Waals surface area contributed by atoms with Crippen LogP contribution in [0.15, 0.2) is 16.6 Å². The number of hydrogen-bond acceptors (Lipinski definition) is 7. The quantitative estimate of drug-likeness (QED) is 0.514. The maximum absolute atomic E-state index is 12.5. The van der Waals surface area contributed by atoms with Gasteiger partial charge in [0.05, 0.1) is 11.3 Å². The normalized spacial score (nSPS) is 13.3. The van der Waals surface area contributed by atoms with E-state index in [0.29, 0.717) is 21.6 Å². The molecule has 0 saturated heterocycles. The van der Waals surface area contributed by atoms with Crippen LogP contribution in [0.5, 0.6) is 0 Å². The molecule has 1 N–H and O–H groups in total. The highest BCUT2D eigenvalue weighted by Gasteiger charge is 2.22. The molecule has 1 amide bonds. The number of nitriles is 1. The van der Waals surface area contributed by atoms with Gasteiger partial charge in [0.1, 0.15) is 11.1 Å². The number of carbonyl (C=O) groups excluding carboxylic acids is 1. The zero-order valence-corrected chi connectivity index (χ0v) is 19.6. The first-order chi connectivity index (χ1) is 14.5. The van der Waals surface area contributed by atoms with Gasteiger partial charge in [-0.15, -0.1) is 32.9 Å². The molecule has 3 aromatic rings. The van der Waals surface area contributed by atoms with Crippen molar-refractivity contribution in [2.24, 2.45) is 7.05 Å². The maximum Gasteiger partial charge on any atom is 0.235 e. The SMILES string of the molecule is CC(C)c1cc(-c2nnc(SCC(=O)Nc3sc4c(c3C#N)CCCC4)n2C)cs1. The van der Waals surface area contributed by atoms with Crippen LogP contribution in [0.4, 0.5) is 5.00 Å². The van der Waals surface area contributed by atoms with Crippen molar-refractivity contribution < 1.29 is 4.79 Å². The zero-order chi connectivity index (χ0) is 21.3. The summed E-state index contributed by atoms with van der Waals surface area (Å²) in [5, 5.41) is 24.6. The molecule has 0 unspecified atom stereocenters. The Balaban J connectivity index is 1.42. The number of hydrogen-bond donors (Lipinski definition) is 1. The van der Waals surface area contributed by atoms with E-state index in [0.717, 1.165) is 42.6 Å². The number of aromatic nitrogens is 3. The third-order valence-electron chi connectivity index (χ3n) is 5.15. The minimum atomic E-state index is -0.128. The van der Waals surface area contributed by atoms with E-state index in [4.69, 9.17) is 0 Å². The Labute approximate surface area is 188 Å². The lowest BCUT2D eigenvalue weighted by atomic mass is 9.96. The van der Waals surface area contributed by atoms with E-state index in [1.807, 2.05) is 11.6 Å². The van der Waals surface area contributed by atoms with Crippen molar-refractivity contribution in [2.45, 2.75) is 50.6 Å². The van der Waals surface area contributed by atoms with E-state index in [1.165, 1.54) is 21.5 Å². The van der Waals surface area contributed by atoms with E-state index in [1.54, 1.807) is 22.7 Å². The van der Waals surface area contributed by atoms with Crippen LogP contribution in [0.1, 0.15) is 53.5 Å². The van der Waals surface area contributed by atoms with Gasteiger partial charge in [-0.1, -0.05) is 25.6 Å². The Bertz CT molecular complexity index is 1120. The lowest BCUT2D eigenvalue weighted by Crippen LogP contribution is -2.14. The molecule has 0 atom stereocenters. The van der Waals surface area contributed by atoms with E-state index in [-0.39, 0.29) is 11.7 Å². The van der Waals surface area contributed by atoms with Crippen molar-refractivity contribution in [1.29, 1.82) is 5.26 Å². The molecular weight excluding hydrogens is 434 g/mol. The van der Waals surface area contributed by atoms with Crippen molar-refractivity contribution in [2.75, 3.05) is 11.1 Å². The zero-order valence-electron chi connectivity index (χ0n) is 17.2. The fraction of sp³-hybridized carbons (Fsp3) is 0.429. The second-order valence-corrected chi connectivity index (χ2v) is 10.6. The third kappa shape index (κ3) is 4.17. The molecule has 0 bridgehead atoms. The summed E-state index contributed by atoms with van der Waals surface area (Å²) >= 11 is 4.63. The van der Waals surface area contributed by atoms with Gasteiger partial charge in [0, 0.05) is 27.7 Å². The van der Waals surface area contributed by atoms with E-state index < -0.39 is 0 Å². The van der Waals surface area contributed by atoms with Crippen LogP contribution < -0.4 is 5.32 Å². The van der Waals surface area contributed by atoms with E-state index in [9.17, 15) is 10.1 Å². The van der Waals surface area contributed by atoms with E-state index >= 15 is 0 Å². The molecule has 1 aliphatic rings. The molecule has 0 fully saturated rings. The minimum absolute atomic E-state index is 0.128. The number of nitrogens with zero attached hydrogens (tertiary/aromatic N) is 4. The van der Waals surface area contributed by atoms with Gasteiger partial charge in [0.25, 0.3) is 0 Å². The third-order valence-corrected chi connectivity index (χ3v) is 8.61. The number of aryl methyl sites for hydroxylation is 1. The summed E-state index contributed by atoms with van der Waals surface area (Å²) in [5.41, 5.74) is 2.83. The monoisotopic (exact) mass is 457 g/mol. The second kappa shape index (κ2) is 8.92. The number of thioether (sulfide) groups is 1. The summed E-state index contributed by atoms with van der Waals surface area (Å²) in [7, 11) is 1.92. The topological polar surface area (TPSA) is 83.6 Å². The standard InChI is InChI=1S/C21H23N5OS3/c1-12(2)17-8-13(10-28-17)19-24-25-21(26(19)3)29-11-18(27)23-20-15(9-22)14-6-4-5-7-16(14)30-20/h8,10,12H,4-7,11H2,1-3H3,(H,23,27). The predicted octanol–water partition coefficient (Wildman–Crippen LogP) is 5.21. The number of amides is 1. The van der Waals surface area contributed by atoms with Crippen LogP contribution in [0.25, 0.3) is 11.4 Å². The molecule has 156 valence electrons. The number of thiophene rings is 2. The number of fused-ring (bicyclic) bond motifs is 1. The van der Waals surface area contributed by atoms with Crippen molar-refractivity contribution in [3.8, 4) is 17.5 Å². The van der Waals surface area contributed by atoms with Gasteiger partial charge in [-0.2, -0.15) is 5.26 Å². The Kier molecular flexibility index (Phi) is 6.27. The molecule has 0 saturated carbocycles. The Morgan fingerprint density at radius 3 is 2.90 bits per heavy atom. The Morgan fingerprint density at radius 1 is 1.37 bits per heavy atom. The van der Waals surface area contributed by atoms with Gasteiger partial charge in [-0.05, 0) is 43.2 Å². The first-order valence-corrected chi connectivity index (χ1v) is 12.6. The van der Waals surface area contributed by atoms with Crippen LogP contribution in [-0.4, -0.2) is 26.4 Å². The molecule has 0 aliphatic heterocycles. The number of anilines is 1. The highest BCUT2D eigenvalue weighted by atomic mass is 32.2. The smallest absolute Gasteiger partial charge is 0.235 e. The van der Waals surface area contributed by atoms with Crippen LogP contribution in [0, 0.1) is 11.3 Å². The molecule has 30 heavy (non-hydrogen) atoms. The van der Waals surface area contributed by atoms with Crippen molar-refractivity contribution in [1.82, 2.24) is 14.8 Å². The lowest BCUT2D eigenvalue weighted by molar-refractivity contribution is -0.113. The molecule has 3 aromatic heterocycles. The highest BCUT2D eigenvalue weighted by molar-refractivity contribution is 7.99. The molecular formula is C21H23N5OS3. The number of carbonyl (C=O) groups is 1. The Morgan fingerprint density at radius 2 is 2.17 bits per heavy atom. The summed E-state index contributed by atoms with van der Waals surface area (Å²) in [6, 6.07) is 4.44. The van der Waals surface area contributed by atoms with Gasteiger partial charge in [-0.25, -0.2) is 0 Å². The summed E-state index contributed by atoms with van der Waals surface area (Å²) in [5.74, 6) is 1.38. The van der Waals surface area contributed by atoms with Crippen molar-refractivity contribution in [3.63, 3.8) is 0 Å². The first-order valence-electron chi connectivity index (χ1n) is 9.93. The van der Waals surface area contributed by atoms with Crippen LogP contribution in [0.2, 0.25) is 0 Å². The van der Waals surface area contributed by atoms with Gasteiger partial charge < -0.3 is 9.88 Å². The minimum Gasteiger partial charge on any atom is -0.316 e. The average Bonchev–Trinajstić information content (AvgIpc) is 3.43. The van der Waals surface area contributed by atoms with Gasteiger partial charge >= 0.3 is 0 Å². The van der Waals surface area contributed by atoms with Crippen LogP contribution >= 0.6 is 34.4 Å². The summed E-state index contributed by atoms with van der Waals surface area (Å²) in [4.78, 5) is 15.1. The molecule has 0 spiro atoms. The first kappa shape index (κ1) is 21.1. The van der Waals surface area contributed by atoms with Gasteiger partial charge in [0.15, 0.2) is 11.0 Å². The summed E-state index contributed by atoms with van der Waals surface area (Å²) < 4.78 is 1.93. The average molecular weight is 458 g/mol. The number of nitrogens with one attached hydrogen (secondary N) is 1. The highest BCUT2D eigenvalue weighted by Crippen LogP contribution is 2.37. The maximum atomic E-state index is 12.5. The second-order valence-electron chi connectivity index (χ2n) is 7.62. The molecule has 9 heteroatoms.